The molecule has 0 unspecified atom stereocenters. The van der Waals surface area contributed by atoms with E-state index in [1.807, 2.05) is 6.07 Å². The van der Waals surface area contributed by atoms with Gasteiger partial charge in [-0.05, 0) is 24.4 Å². The van der Waals surface area contributed by atoms with Crippen LogP contribution >= 0.6 is 12.2 Å². The van der Waals surface area contributed by atoms with Crippen LogP contribution in [0, 0.1) is 0 Å². The molecule has 0 amide bonds. The Balaban J connectivity index is 2.05. The maximum Gasteiger partial charge on any atom is 0.253 e. The van der Waals surface area contributed by atoms with Crippen molar-refractivity contribution < 1.29 is 9.47 Å². The molecule has 0 radical (unpaired) electrons. The number of thiocarbonyl (C=S) groups is 1. The average molecular weight is 291 g/mol. The molecule has 2 aromatic rings. The lowest BCUT2D eigenvalue weighted by Crippen LogP contribution is -2.30. The Labute approximate surface area is 119 Å². The molecule has 1 aromatic carbocycles. The molecular formula is C13H13N3O3S. The smallest absolute Gasteiger partial charge is 0.253 e. The van der Waals surface area contributed by atoms with Gasteiger partial charge in [0.05, 0.1) is 5.52 Å². The maximum atomic E-state index is 12.0. The summed E-state index contributed by atoms with van der Waals surface area (Å²) >= 11 is 4.73. The topological polar surface area (TPSA) is 89.4 Å². The monoisotopic (exact) mass is 291 g/mol. The first kappa shape index (κ1) is 12.7. The van der Waals surface area contributed by atoms with Gasteiger partial charge < -0.3 is 25.5 Å². The quantitative estimate of drug-likeness (QED) is 0.703. The summed E-state index contributed by atoms with van der Waals surface area (Å²) in [7, 11) is 0. The normalized spacial score (nSPS) is 13.2. The van der Waals surface area contributed by atoms with E-state index in [2.05, 4.69) is 10.3 Å². The number of ether oxygens (including phenoxy) is 2. The van der Waals surface area contributed by atoms with Crippen LogP contribution < -0.4 is 26.1 Å². The van der Waals surface area contributed by atoms with Gasteiger partial charge in [-0.25, -0.2) is 0 Å². The predicted octanol–water partition coefficient (Wildman–Crippen LogP) is 0.632. The van der Waals surface area contributed by atoms with Crippen molar-refractivity contribution in [2.75, 3.05) is 13.2 Å². The van der Waals surface area contributed by atoms with Crippen LogP contribution in [0.15, 0.2) is 23.0 Å². The highest BCUT2D eigenvalue weighted by Crippen LogP contribution is 2.33. The van der Waals surface area contributed by atoms with E-state index in [1.54, 1.807) is 12.1 Å². The third-order valence-corrected chi connectivity index (χ3v) is 3.18. The van der Waals surface area contributed by atoms with E-state index in [9.17, 15) is 4.79 Å². The van der Waals surface area contributed by atoms with Gasteiger partial charge >= 0.3 is 0 Å². The van der Waals surface area contributed by atoms with Crippen LogP contribution in [0.1, 0.15) is 5.56 Å². The van der Waals surface area contributed by atoms with Crippen molar-refractivity contribution in [2.24, 2.45) is 5.73 Å². The fourth-order valence-corrected chi connectivity index (χ4v) is 2.17. The van der Waals surface area contributed by atoms with E-state index in [-0.39, 0.29) is 17.2 Å². The molecule has 0 saturated carbocycles. The van der Waals surface area contributed by atoms with Gasteiger partial charge in [0.1, 0.15) is 13.2 Å². The summed E-state index contributed by atoms with van der Waals surface area (Å²) in [6, 6.07) is 5.41. The molecule has 20 heavy (non-hydrogen) atoms. The van der Waals surface area contributed by atoms with Crippen LogP contribution in [0.25, 0.3) is 10.9 Å². The fourth-order valence-electron chi connectivity index (χ4n) is 2.10. The third-order valence-electron chi connectivity index (χ3n) is 3.04. The van der Waals surface area contributed by atoms with E-state index in [4.69, 9.17) is 27.4 Å². The van der Waals surface area contributed by atoms with Gasteiger partial charge in [0.15, 0.2) is 16.6 Å². The van der Waals surface area contributed by atoms with Crippen LogP contribution in [-0.4, -0.2) is 23.3 Å². The highest BCUT2D eigenvalue weighted by atomic mass is 32.1. The second kappa shape index (κ2) is 5.01. The number of rotatable bonds is 2. The van der Waals surface area contributed by atoms with E-state index in [0.29, 0.717) is 35.8 Å². The molecule has 1 aliphatic heterocycles. The second-order valence-electron chi connectivity index (χ2n) is 4.42. The summed E-state index contributed by atoms with van der Waals surface area (Å²) < 4.78 is 11.0. The number of hydrogen-bond acceptors (Lipinski definition) is 4. The van der Waals surface area contributed by atoms with Gasteiger partial charge in [-0.2, -0.15) is 0 Å². The van der Waals surface area contributed by atoms with Crippen molar-refractivity contribution in [3.05, 3.63) is 34.1 Å². The first-order valence-electron chi connectivity index (χ1n) is 6.12. The number of benzene rings is 1. The largest absolute Gasteiger partial charge is 0.486 e. The second-order valence-corrected chi connectivity index (χ2v) is 4.86. The van der Waals surface area contributed by atoms with E-state index in [0.717, 1.165) is 5.39 Å². The van der Waals surface area contributed by atoms with Crippen molar-refractivity contribution >= 4 is 28.2 Å². The van der Waals surface area contributed by atoms with Gasteiger partial charge in [0.25, 0.3) is 5.56 Å². The average Bonchev–Trinajstić information content (AvgIpc) is 2.43. The first-order valence-corrected chi connectivity index (χ1v) is 6.53. The van der Waals surface area contributed by atoms with E-state index < -0.39 is 0 Å². The Morgan fingerprint density at radius 3 is 2.70 bits per heavy atom. The zero-order valence-electron chi connectivity index (χ0n) is 10.6. The number of fused-ring (bicyclic) bond motifs is 2. The van der Waals surface area contributed by atoms with Gasteiger partial charge in [0.2, 0.25) is 0 Å². The summed E-state index contributed by atoms with van der Waals surface area (Å²) in [5.74, 6) is 1.33. The predicted molar refractivity (Wildman–Crippen MR) is 79.2 cm³/mol. The maximum absolute atomic E-state index is 12.0. The molecule has 1 aromatic heterocycles. The van der Waals surface area contributed by atoms with Crippen LogP contribution in [-0.2, 0) is 6.54 Å². The van der Waals surface area contributed by atoms with Gasteiger partial charge in [-0.1, -0.05) is 0 Å². The molecule has 6 nitrogen and oxygen atoms in total. The Morgan fingerprint density at radius 2 is 2.00 bits per heavy atom. The van der Waals surface area contributed by atoms with Crippen LogP contribution in [0.4, 0.5) is 0 Å². The summed E-state index contributed by atoms with van der Waals surface area (Å²) in [4.78, 5) is 14.8. The Morgan fingerprint density at radius 1 is 1.30 bits per heavy atom. The van der Waals surface area contributed by atoms with Crippen molar-refractivity contribution in [2.45, 2.75) is 6.54 Å². The molecule has 2 heterocycles. The fraction of sp³-hybridized carbons (Fsp3) is 0.231. The molecule has 0 saturated heterocycles. The summed E-state index contributed by atoms with van der Waals surface area (Å²) in [5.41, 5.74) is 6.45. The lowest BCUT2D eigenvalue weighted by atomic mass is 10.1. The number of hydrogen-bond donors (Lipinski definition) is 3. The molecule has 0 atom stereocenters. The van der Waals surface area contributed by atoms with Gasteiger partial charge in [-0.15, -0.1) is 0 Å². The number of aromatic amines is 1. The minimum atomic E-state index is -0.182. The molecule has 1 aliphatic rings. The van der Waals surface area contributed by atoms with E-state index in [1.165, 1.54) is 0 Å². The number of H-pyrrole nitrogens is 1. The van der Waals surface area contributed by atoms with Crippen LogP contribution in [0.3, 0.4) is 0 Å². The summed E-state index contributed by atoms with van der Waals surface area (Å²) in [6.07, 6.45) is 0. The highest BCUT2D eigenvalue weighted by molar-refractivity contribution is 7.80. The molecule has 0 fully saturated rings. The minimum absolute atomic E-state index is 0.159. The van der Waals surface area contributed by atoms with Gasteiger partial charge in [0, 0.05) is 23.6 Å². The summed E-state index contributed by atoms with van der Waals surface area (Å²) in [6.45, 7) is 1.32. The van der Waals surface area contributed by atoms with Crippen molar-refractivity contribution in [3.8, 4) is 11.5 Å². The number of aromatic nitrogens is 1. The molecule has 4 N–H and O–H groups in total. The molecule has 104 valence electrons. The number of nitrogens with one attached hydrogen (secondary N) is 2. The lowest BCUT2D eigenvalue weighted by Gasteiger charge is -2.18. The molecule has 0 spiro atoms. The number of pyridine rings is 1. The van der Waals surface area contributed by atoms with E-state index >= 15 is 0 Å². The third kappa shape index (κ3) is 2.39. The molecular weight excluding hydrogens is 278 g/mol. The lowest BCUT2D eigenvalue weighted by molar-refractivity contribution is 0.172. The van der Waals surface area contributed by atoms with Crippen molar-refractivity contribution in [1.82, 2.24) is 10.3 Å². The highest BCUT2D eigenvalue weighted by Gasteiger charge is 2.13. The standard InChI is InChI=1S/C13H13N3O3S/c14-13(20)15-6-8-3-7-4-10-11(19-2-1-18-10)5-9(7)16-12(8)17/h3-5H,1-2,6H2,(H,16,17)(H3,14,15,20). The summed E-state index contributed by atoms with van der Waals surface area (Å²) in [5, 5.41) is 3.79. The Hall–Kier alpha value is -2.28. The minimum Gasteiger partial charge on any atom is -0.486 e. The SMILES string of the molecule is NC(=S)NCc1cc2cc3c(cc2[nH]c1=O)OCCO3. The molecule has 3 rings (SSSR count). The van der Waals surface area contributed by atoms with Crippen LogP contribution in [0.2, 0.25) is 0 Å². The molecule has 0 aliphatic carbocycles. The Kier molecular flexibility index (Phi) is 3.19. The first-order chi connectivity index (χ1) is 9.63. The molecule has 0 bridgehead atoms. The zero-order valence-corrected chi connectivity index (χ0v) is 11.4. The number of nitrogens with two attached hydrogens (primary N) is 1. The van der Waals surface area contributed by atoms with Crippen molar-refractivity contribution in [3.63, 3.8) is 0 Å². The van der Waals surface area contributed by atoms with Crippen LogP contribution in [0.5, 0.6) is 11.5 Å². The zero-order chi connectivity index (χ0) is 14.1. The Bertz CT molecular complexity index is 741. The molecule has 7 heteroatoms. The van der Waals surface area contributed by atoms with Gasteiger partial charge in [-0.3, -0.25) is 4.79 Å². The van der Waals surface area contributed by atoms with Crippen molar-refractivity contribution in [1.29, 1.82) is 0 Å².